The van der Waals surface area contributed by atoms with Crippen molar-refractivity contribution >= 4 is 40.9 Å². The summed E-state index contributed by atoms with van der Waals surface area (Å²) in [5, 5.41) is 9.43. The van der Waals surface area contributed by atoms with Crippen molar-refractivity contribution in [2.45, 2.75) is 11.7 Å². The molecule has 2 N–H and O–H groups in total. The Morgan fingerprint density at radius 3 is 2.41 bits per heavy atom. The molecule has 5 nitrogen and oxygen atoms in total. The van der Waals surface area contributed by atoms with Crippen LogP contribution >= 0.6 is 23.4 Å². The molecule has 3 rings (SSSR count). The first-order valence-corrected chi connectivity index (χ1v) is 9.11. The van der Waals surface area contributed by atoms with Crippen LogP contribution in [0.25, 0.3) is 0 Å². The molecule has 1 aliphatic rings. The number of hydrogen-bond acceptors (Lipinski definition) is 4. The predicted molar refractivity (Wildman–Crippen MR) is 102 cm³/mol. The average molecular weight is 402 g/mol. The van der Waals surface area contributed by atoms with Crippen molar-refractivity contribution < 1.29 is 14.0 Å². The fourth-order valence-corrected chi connectivity index (χ4v) is 4.10. The fourth-order valence-electron chi connectivity index (χ4n) is 2.66. The summed E-state index contributed by atoms with van der Waals surface area (Å²) in [6, 6.07) is 14.1. The minimum atomic E-state index is -0.908. The van der Waals surface area contributed by atoms with E-state index in [-0.39, 0.29) is 22.3 Å². The van der Waals surface area contributed by atoms with Crippen LogP contribution in [-0.2, 0) is 16.0 Å². The number of thioether (sulfide) groups is 1. The highest BCUT2D eigenvalue weighted by molar-refractivity contribution is 8.05. The molecule has 27 heavy (non-hydrogen) atoms. The first-order chi connectivity index (χ1) is 12.9. The number of nitrogens with zero attached hydrogens (tertiary/aromatic N) is 2. The summed E-state index contributed by atoms with van der Waals surface area (Å²) in [5.74, 6) is -1.57. The molecule has 1 atom stereocenters. The number of nitriles is 1. The van der Waals surface area contributed by atoms with E-state index < -0.39 is 11.2 Å². The van der Waals surface area contributed by atoms with Crippen LogP contribution < -0.4 is 10.6 Å². The van der Waals surface area contributed by atoms with Crippen molar-refractivity contribution in [3.8, 4) is 6.07 Å². The Kier molecular flexibility index (Phi) is 5.49. The van der Waals surface area contributed by atoms with E-state index in [4.69, 9.17) is 17.3 Å². The van der Waals surface area contributed by atoms with Gasteiger partial charge in [0.15, 0.2) is 0 Å². The molecule has 0 saturated carbocycles. The molecule has 0 bridgehead atoms. The van der Waals surface area contributed by atoms with Gasteiger partial charge in [0, 0.05) is 10.7 Å². The van der Waals surface area contributed by atoms with Gasteiger partial charge in [0.25, 0.3) is 5.91 Å². The topological polar surface area (TPSA) is 87.2 Å². The van der Waals surface area contributed by atoms with Crippen molar-refractivity contribution in [3.63, 3.8) is 0 Å². The monoisotopic (exact) mass is 401 g/mol. The molecule has 2 aromatic rings. The number of amides is 2. The number of benzene rings is 2. The Morgan fingerprint density at radius 2 is 1.85 bits per heavy atom. The third-order valence-electron chi connectivity index (χ3n) is 3.94. The lowest BCUT2D eigenvalue weighted by atomic mass is 10.1. The molecule has 1 heterocycles. The molecule has 8 heteroatoms. The highest BCUT2D eigenvalue weighted by Gasteiger charge is 2.40. The minimum absolute atomic E-state index is 0.185. The van der Waals surface area contributed by atoms with Crippen molar-refractivity contribution in [1.82, 2.24) is 0 Å². The number of anilines is 1. The molecule has 1 aliphatic heterocycles. The van der Waals surface area contributed by atoms with Crippen LogP contribution in [0.4, 0.5) is 10.1 Å². The summed E-state index contributed by atoms with van der Waals surface area (Å²) in [4.78, 5) is 26.0. The standard InChI is InChI=1S/C19H13ClFN3O2S/c20-12-3-7-14(8-4-12)24-18(26)16(9-11-1-5-13(21)6-2-11)27-19(24)15(10-22)17(23)25/h1-8,16H,9H2,(H2,23,25)/b19-15-/t16-/m0/s1. The summed E-state index contributed by atoms with van der Waals surface area (Å²) in [6.45, 7) is 0. The summed E-state index contributed by atoms with van der Waals surface area (Å²) in [6.07, 6.45) is 0.314. The zero-order chi connectivity index (χ0) is 19.6. The van der Waals surface area contributed by atoms with Gasteiger partial charge in [0.2, 0.25) is 5.91 Å². The summed E-state index contributed by atoms with van der Waals surface area (Å²) in [7, 11) is 0. The molecule has 0 unspecified atom stereocenters. The quantitative estimate of drug-likeness (QED) is 0.628. The second-order valence-corrected chi connectivity index (χ2v) is 7.37. The summed E-state index contributed by atoms with van der Waals surface area (Å²) in [5.41, 5.74) is 6.27. The average Bonchev–Trinajstić information content (AvgIpc) is 2.94. The van der Waals surface area contributed by atoms with E-state index in [9.17, 15) is 19.2 Å². The molecule has 2 aromatic carbocycles. The molecule has 1 fully saturated rings. The smallest absolute Gasteiger partial charge is 0.262 e. The molecule has 2 amide bonds. The van der Waals surface area contributed by atoms with Crippen LogP contribution in [-0.4, -0.2) is 17.1 Å². The van der Waals surface area contributed by atoms with Crippen molar-refractivity contribution in [1.29, 1.82) is 5.26 Å². The maximum atomic E-state index is 13.1. The van der Waals surface area contributed by atoms with Gasteiger partial charge in [-0.1, -0.05) is 35.5 Å². The van der Waals surface area contributed by atoms with Crippen LogP contribution in [0.15, 0.2) is 59.1 Å². The van der Waals surface area contributed by atoms with E-state index in [0.29, 0.717) is 17.1 Å². The van der Waals surface area contributed by atoms with Crippen LogP contribution in [0.1, 0.15) is 5.56 Å². The van der Waals surface area contributed by atoms with Gasteiger partial charge in [-0.3, -0.25) is 14.5 Å². The Bertz CT molecular complexity index is 968. The maximum absolute atomic E-state index is 13.1. The largest absolute Gasteiger partial charge is 0.365 e. The summed E-state index contributed by atoms with van der Waals surface area (Å²) >= 11 is 6.99. The zero-order valence-corrected chi connectivity index (χ0v) is 15.4. The van der Waals surface area contributed by atoms with Gasteiger partial charge in [0.1, 0.15) is 22.5 Å². The third-order valence-corrected chi connectivity index (χ3v) is 5.46. The predicted octanol–water partition coefficient (Wildman–Crippen LogP) is 3.39. The van der Waals surface area contributed by atoms with Crippen LogP contribution in [0, 0.1) is 17.1 Å². The number of primary amides is 1. The molecule has 0 spiro atoms. The van der Waals surface area contributed by atoms with E-state index in [1.807, 2.05) is 0 Å². The molecule has 136 valence electrons. The Hall–Kier alpha value is -2.82. The lowest BCUT2D eigenvalue weighted by molar-refractivity contribution is -0.117. The SMILES string of the molecule is N#C/C(C(N)=O)=C1/S[C@@H](Cc2ccc(F)cc2)C(=O)N1c1ccc(Cl)cc1. The highest BCUT2D eigenvalue weighted by atomic mass is 35.5. The molecule has 1 saturated heterocycles. The first kappa shape index (κ1) is 19.0. The van der Waals surface area contributed by atoms with Crippen LogP contribution in [0.5, 0.6) is 0 Å². The Morgan fingerprint density at radius 1 is 1.22 bits per heavy atom. The second kappa shape index (κ2) is 7.82. The number of nitrogens with two attached hydrogens (primary N) is 1. The number of halogens is 2. The lowest BCUT2D eigenvalue weighted by Crippen LogP contribution is -2.31. The van der Waals surface area contributed by atoms with Gasteiger partial charge in [-0.15, -0.1) is 0 Å². The maximum Gasteiger partial charge on any atom is 0.262 e. The van der Waals surface area contributed by atoms with Crippen molar-refractivity contribution in [3.05, 3.63) is 75.5 Å². The molecule has 0 aromatic heterocycles. The van der Waals surface area contributed by atoms with Crippen LogP contribution in [0.3, 0.4) is 0 Å². The van der Waals surface area contributed by atoms with E-state index in [2.05, 4.69) is 0 Å². The Balaban J connectivity index is 2.01. The van der Waals surface area contributed by atoms with Gasteiger partial charge in [0.05, 0.1) is 5.25 Å². The number of rotatable bonds is 4. The molecule has 0 aliphatic carbocycles. The molecule has 0 radical (unpaired) electrons. The highest BCUT2D eigenvalue weighted by Crippen LogP contribution is 2.42. The summed E-state index contributed by atoms with van der Waals surface area (Å²) < 4.78 is 13.1. The van der Waals surface area contributed by atoms with Crippen LogP contribution in [0.2, 0.25) is 5.02 Å². The minimum Gasteiger partial charge on any atom is -0.365 e. The number of hydrogen-bond donors (Lipinski definition) is 1. The van der Waals surface area contributed by atoms with Gasteiger partial charge >= 0.3 is 0 Å². The van der Waals surface area contributed by atoms with Gasteiger partial charge < -0.3 is 5.73 Å². The zero-order valence-electron chi connectivity index (χ0n) is 13.9. The number of carbonyl (C=O) groups excluding carboxylic acids is 2. The normalized spacial score (nSPS) is 18.3. The van der Waals surface area contributed by atoms with Gasteiger partial charge in [-0.2, -0.15) is 5.26 Å². The van der Waals surface area contributed by atoms with Crippen molar-refractivity contribution in [2.75, 3.05) is 4.90 Å². The Labute approximate surface area is 164 Å². The second-order valence-electron chi connectivity index (χ2n) is 5.74. The third kappa shape index (κ3) is 3.97. The molecular formula is C19H13ClFN3O2S. The molecular weight excluding hydrogens is 389 g/mol. The van der Waals surface area contributed by atoms with E-state index in [1.165, 1.54) is 17.0 Å². The van der Waals surface area contributed by atoms with E-state index >= 15 is 0 Å². The lowest BCUT2D eigenvalue weighted by Gasteiger charge is -2.18. The van der Waals surface area contributed by atoms with E-state index in [0.717, 1.165) is 17.3 Å². The van der Waals surface area contributed by atoms with E-state index in [1.54, 1.807) is 42.5 Å². The van der Waals surface area contributed by atoms with Gasteiger partial charge in [-0.25, -0.2) is 4.39 Å². The number of carbonyl (C=O) groups is 2. The first-order valence-electron chi connectivity index (χ1n) is 7.85. The van der Waals surface area contributed by atoms with Crippen molar-refractivity contribution in [2.24, 2.45) is 5.73 Å². The fraction of sp³-hybridized carbons (Fsp3) is 0.105. The van der Waals surface area contributed by atoms with Gasteiger partial charge in [-0.05, 0) is 48.4 Å².